The van der Waals surface area contributed by atoms with Crippen LogP contribution in [0.1, 0.15) is 253 Å². The highest BCUT2D eigenvalue weighted by Crippen LogP contribution is 2.33. The van der Waals surface area contributed by atoms with Gasteiger partial charge < -0.3 is 29.1 Å². The SMILES string of the molecule is CCC/C(=C\C1=C(OC)C(=O)c2ccccc2C1=O)C(=O)N(C)C.CCC/C(=C\C1=C(OC)C(=O)c2ccccc2C1=O)C(=O)NOC.CCCCCCCCC/C(=C\C1=CC(=O)C(C)=C(C)C1=O)C(=O)NOC.CCCCCCCCC/C(=C\C1=CC(=O)C(C)=C(C)C1=O)C(=O)O.COC1=C(/C=C(\C)C(=O)N(C)C)C(=O)c2ccccc2C1=O. The summed E-state index contributed by atoms with van der Waals surface area (Å²) < 4.78 is 15.5. The van der Waals surface area contributed by atoms with Gasteiger partial charge in [-0.15, -0.1) is 0 Å². The van der Waals surface area contributed by atoms with Gasteiger partial charge in [0.2, 0.25) is 29.2 Å². The van der Waals surface area contributed by atoms with E-state index in [0.717, 1.165) is 44.9 Å². The van der Waals surface area contributed by atoms with Crippen molar-refractivity contribution in [2.45, 2.75) is 191 Å². The van der Waals surface area contributed by atoms with E-state index in [-0.39, 0.29) is 126 Å². The molecule has 3 aromatic carbocycles. The molecule has 8 rings (SSSR count). The third-order valence-electron chi connectivity index (χ3n) is 20.1. The van der Waals surface area contributed by atoms with Crippen LogP contribution in [0.25, 0.3) is 0 Å². The third-order valence-corrected chi connectivity index (χ3v) is 20.1. The van der Waals surface area contributed by atoms with Crippen molar-refractivity contribution < 1.29 is 101 Å². The summed E-state index contributed by atoms with van der Waals surface area (Å²) in [6.45, 7) is 16.3. The number of rotatable bonds is 35. The number of likely N-dealkylation sites (N-methyl/N-ethyl adjacent to an activating group) is 2. The van der Waals surface area contributed by atoms with E-state index < -0.39 is 11.9 Å². The first kappa shape index (κ1) is 100. The molecule has 0 saturated heterocycles. The van der Waals surface area contributed by atoms with Crippen LogP contribution in [0.5, 0.6) is 0 Å². The van der Waals surface area contributed by atoms with E-state index in [0.29, 0.717) is 110 Å². The summed E-state index contributed by atoms with van der Waals surface area (Å²) in [7, 11) is 13.3. The first-order chi connectivity index (χ1) is 57.1. The number of methoxy groups -OCH3 is 3. The number of carbonyl (C=O) groups is 15. The predicted molar refractivity (Wildman–Crippen MR) is 457 cm³/mol. The van der Waals surface area contributed by atoms with Crippen molar-refractivity contribution >= 4 is 87.4 Å². The zero-order chi connectivity index (χ0) is 89.6. The van der Waals surface area contributed by atoms with Crippen molar-refractivity contribution in [3.05, 3.63) is 244 Å². The minimum Gasteiger partial charge on any atom is -0.492 e. The van der Waals surface area contributed by atoms with Gasteiger partial charge in [-0.25, -0.2) is 15.8 Å². The van der Waals surface area contributed by atoms with Gasteiger partial charge in [0.1, 0.15) is 0 Å². The summed E-state index contributed by atoms with van der Waals surface area (Å²) in [6.07, 6.45) is 28.9. The van der Waals surface area contributed by atoms with Crippen LogP contribution in [0.15, 0.2) is 211 Å². The molecular formula is C95H116N4O21. The molecule has 0 fully saturated rings. The van der Waals surface area contributed by atoms with Crippen LogP contribution in [-0.4, -0.2) is 166 Å². The van der Waals surface area contributed by atoms with Gasteiger partial charge in [0.05, 0.1) is 52.3 Å². The summed E-state index contributed by atoms with van der Waals surface area (Å²) in [4.78, 5) is 196. The Morgan fingerprint density at radius 1 is 0.350 bits per heavy atom. The molecule has 0 bridgehead atoms. The Hall–Kier alpha value is -12.1. The van der Waals surface area contributed by atoms with E-state index in [4.69, 9.17) is 19.0 Å². The molecule has 3 aromatic rings. The lowest BCUT2D eigenvalue weighted by Gasteiger charge is -2.19. The fourth-order valence-electron chi connectivity index (χ4n) is 13.1. The maximum atomic E-state index is 12.8. The summed E-state index contributed by atoms with van der Waals surface area (Å²) >= 11 is 0. The van der Waals surface area contributed by atoms with Gasteiger partial charge in [-0.3, -0.25) is 76.8 Å². The first-order valence-electron chi connectivity index (χ1n) is 40.3. The number of benzene rings is 3. The maximum Gasteiger partial charge on any atom is 0.331 e. The highest BCUT2D eigenvalue weighted by atomic mass is 16.6. The van der Waals surface area contributed by atoms with Gasteiger partial charge >= 0.3 is 5.97 Å². The number of Topliss-reactive ketones (excluding diaryl/α,β-unsaturated/α-hetero) is 8. The van der Waals surface area contributed by atoms with Gasteiger partial charge in [-0.1, -0.05) is 190 Å². The van der Waals surface area contributed by atoms with Crippen LogP contribution in [0, 0.1) is 0 Å². The lowest BCUT2D eigenvalue weighted by molar-refractivity contribution is -0.133. The number of carboxylic acid groups (broad SMARTS) is 1. The van der Waals surface area contributed by atoms with E-state index in [1.54, 1.807) is 136 Å². The van der Waals surface area contributed by atoms with E-state index in [2.05, 4.69) is 29.6 Å². The Balaban J connectivity index is 0.000000315. The monoisotopic (exact) mass is 1650 g/mol. The van der Waals surface area contributed by atoms with Crippen LogP contribution in [0.4, 0.5) is 0 Å². The number of ether oxygens (including phenoxy) is 3. The number of carbonyl (C=O) groups excluding carboxylic acids is 14. The average Bonchev–Trinajstić information content (AvgIpc) is 0.783. The topological polar surface area (TPSA) is 353 Å². The van der Waals surface area contributed by atoms with Crippen molar-refractivity contribution in [3.8, 4) is 0 Å². The zero-order valence-electron chi connectivity index (χ0n) is 72.6. The molecule has 0 aromatic heterocycles. The summed E-state index contributed by atoms with van der Waals surface area (Å²) in [5, 5.41) is 9.34. The molecule has 0 radical (unpaired) electrons. The standard InChI is InChI=1S/C21H31NO4.C20H28O4.C19H21NO4.C18H19NO5.C17H17NO4/c1-5-6-7-8-9-10-11-12-17(21(25)22-26-4)13-18-14-19(23)15(2)16(3)20(18)24;1-4-5-6-7-8-9-10-11-16(20(23)24)12-17-13-18(21)14(2)15(3)19(17)22;1-5-8-12(19(23)20(2)3)11-15-16(21)13-9-6-7-10-14(13)17(22)18(15)24-4;1-4-7-11(18(22)19-24-3)10-14-15(20)12-8-5-6-9-13(12)16(21)17(14)23-2;1-10(17(21)18(2)3)9-13-14(19)11-7-5-6-8-12(11)15(20)16(13)22-4/h13-14H,5-12H2,1-4H3,(H,22,25);12-13H,4-11H2,1-3H3,(H,23,24);6-7,9-11H,5,8H2,1-4H3;5-6,8-10H,4,7H2,1-3H3,(H,19,22);5-9H,1-4H3/b17-13+;16-12+;12-11+;11-10+;10-9+. The Bertz CT molecular complexity index is 4830. The number of hydroxylamine groups is 2. The van der Waals surface area contributed by atoms with Crippen molar-refractivity contribution in [1.29, 1.82) is 0 Å². The van der Waals surface area contributed by atoms with Crippen molar-refractivity contribution in [2.24, 2.45) is 0 Å². The second-order valence-electron chi connectivity index (χ2n) is 29.3. The summed E-state index contributed by atoms with van der Waals surface area (Å²) in [6, 6.07) is 19.8. The second-order valence-corrected chi connectivity index (χ2v) is 29.3. The molecule has 5 aliphatic carbocycles. The highest BCUT2D eigenvalue weighted by Gasteiger charge is 2.36. The molecule has 0 aliphatic heterocycles. The minimum atomic E-state index is -1.02. The zero-order valence-corrected chi connectivity index (χ0v) is 72.6. The predicted octanol–water partition coefficient (Wildman–Crippen LogP) is 15.8. The van der Waals surface area contributed by atoms with E-state index in [1.165, 1.54) is 139 Å². The van der Waals surface area contributed by atoms with Crippen molar-refractivity contribution in [2.75, 3.05) is 63.7 Å². The maximum absolute atomic E-state index is 12.8. The van der Waals surface area contributed by atoms with Crippen LogP contribution < -0.4 is 11.0 Å². The third kappa shape index (κ3) is 27.8. The fraction of sp³-hybridized carbons (Fsp3) is 0.400. The molecule has 0 saturated carbocycles. The number of allylic oxidation sites excluding steroid dienone is 19. The number of unbranched alkanes of at least 4 members (excludes halogenated alkanes) is 12. The smallest absolute Gasteiger partial charge is 0.331 e. The van der Waals surface area contributed by atoms with E-state index in [9.17, 15) is 77.0 Å². The van der Waals surface area contributed by atoms with Gasteiger partial charge in [0, 0.05) is 123 Å². The van der Waals surface area contributed by atoms with Crippen LogP contribution >= 0.6 is 0 Å². The van der Waals surface area contributed by atoms with E-state index >= 15 is 0 Å². The number of nitrogens with zero attached hydrogens (tertiary/aromatic N) is 2. The average molecular weight is 1650 g/mol. The molecule has 3 N–H and O–H groups in total. The number of amides is 4. The summed E-state index contributed by atoms with van der Waals surface area (Å²) in [5.41, 5.74) is 10.8. The number of carboxylic acids is 1. The molecule has 0 atom stereocenters. The Morgan fingerprint density at radius 3 is 0.958 bits per heavy atom. The number of aliphatic carboxylic acids is 1. The number of fused-ring (bicyclic) bond motifs is 3. The van der Waals surface area contributed by atoms with Gasteiger partial charge in [0.25, 0.3) is 11.8 Å². The molecule has 25 nitrogen and oxygen atoms in total. The highest BCUT2D eigenvalue weighted by molar-refractivity contribution is 6.30. The normalized spacial score (nSPS) is 15.0. The van der Waals surface area contributed by atoms with Crippen molar-refractivity contribution in [1.82, 2.24) is 20.8 Å². The molecule has 642 valence electrons. The second kappa shape index (κ2) is 50.6. The first-order valence-corrected chi connectivity index (χ1v) is 40.3. The van der Waals surface area contributed by atoms with Crippen LogP contribution in [0.2, 0.25) is 0 Å². The lowest BCUT2D eigenvalue weighted by atomic mass is 9.87. The molecule has 0 heterocycles. The number of hydrogen-bond donors (Lipinski definition) is 3. The van der Waals surface area contributed by atoms with Gasteiger partial charge in [0.15, 0.2) is 57.8 Å². The number of nitrogens with one attached hydrogen (secondary N) is 2. The largest absolute Gasteiger partial charge is 0.492 e. The molecule has 25 heteroatoms. The van der Waals surface area contributed by atoms with E-state index in [1.807, 2.05) is 13.8 Å². The molecule has 4 amide bonds. The Morgan fingerprint density at radius 2 is 0.642 bits per heavy atom. The molecule has 0 unspecified atom stereocenters. The lowest BCUT2D eigenvalue weighted by Crippen LogP contribution is -2.26. The molecule has 120 heavy (non-hydrogen) atoms. The Labute approximate surface area is 704 Å². The molecule has 0 spiro atoms. The number of ketones is 10. The summed E-state index contributed by atoms with van der Waals surface area (Å²) in [5.74, 6) is -5.28. The molecule has 5 aliphatic rings. The van der Waals surface area contributed by atoms with Crippen molar-refractivity contribution in [3.63, 3.8) is 0 Å². The number of hydrogen-bond acceptors (Lipinski definition) is 20. The van der Waals surface area contributed by atoms with Gasteiger partial charge in [-0.05, 0) is 116 Å². The van der Waals surface area contributed by atoms with Crippen LogP contribution in [-0.2, 0) is 67.0 Å². The quantitative estimate of drug-likeness (QED) is 0.0213. The Kier molecular flexibility index (Phi) is 42.3. The minimum absolute atomic E-state index is 0.0149. The van der Waals surface area contributed by atoms with Gasteiger partial charge in [-0.2, -0.15) is 0 Å². The molecular weight excluding hydrogens is 1530 g/mol. The van der Waals surface area contributed by atoms with Crippen LogP contribution in [0.3, 0.4) is 0 Å². The fourth-order valence-corrected chi connectivity index (χ4v) is 13.1.